The molecule has 1 amide bonds. The lowest BCUT2D eigenvalue weighted by atomic mass is 10.1. The van der Waals surface area contributed by atoms with Crippen LogP contribution in [0.1, 0.15) is 12.0 Å². The third-order valence-electron chi connectivity index (χ3n) is 4.80. The molecule has 0 spiro atoms. The van der Waals surface area contributed by atoms with Crippen molar-refractivity contribution in [2.75, 3.05) is 39.7 Å². The van der Waals surface area contributed by atoms with E-state index in [1.807, 2.05) is 18.2 Å². The number of β-amino-alcohol motifs (C(OH)–C–C–N with tert-alkyl or cyclic N) is 1. The van der Waals surface area contributed by atoms with Crippen LogP contribution in [0.15, 0.2) is 18.2 Å². The first-order valence-electron chi connectivity index (χ1n) is 8.51. The van der Waals surface area contributed by atoms with Crippen LogP contribution in [0.2, 0.25) is 0 Å². The Labute approximate surface area is 153 Å². The Morgan fingerprint density at radius 2 is 2.00 bits per heavy atom. The van der Waals surface area contributed by atoms with Crippen molar-refractivity contribution in [3.8, 4) is 11.5 Å². The van der Waals surface area contributed by atoms with E-state index in [1.165, 1.54) is 14.1 Å². The minimum absolute atomic E-state index is 0.0912. The fourth-order valence-electron chi connectivity index (χ4n) is 3.15. The highest BCUT2D eigenvalue weighted by Crippen LogP contribution is 2.32. The summed E-state index contributed by atoms with van der Waals surface area (Å²) in [4.78, 5) is 14.0. The third kappa shape index (κ3) is 4.11. The molecule has 9 heteroatoms. The van der Waals surface area contributed by atoms with Crippen LogP contribution >= 0.6 is 0 Å². The molecule has 1 N–H and O–H groups in total. The van der Waals surface area contributed by atoms with E-state index in [0.717, 1.165) is 9.87 Å². The van der Waals surface area contributed by atoms with Crippen molar-refractivity contribution < 1.29 is 27.8 Å². The van der Waals surface area contributed by atoms with Gasteiger partial charge in [0.2, 0.25) is 22.7 Å². The van der Waals surface area contributed by atoms with Gasteiger partial charge in [0.15, 0.2) is 11.5 Å². The third-order valence-corrected chi connectivity index (χ3v) is 6.77. The summed E-state index contributed by atoms with van der Waals surface area (Å²) in [6.07, 6.45) is 0.0154. The van der Waals surface area contributed by atoms with Crippen LogP contribution in [0.5, 0.6) is 11.5 Å². The average molecular weight is 384 g/mol. The highest BCUT2D eigenvalue weighted by atomic mass is 32.2. The second-order valence-corrected chi connectivity index (χ2v) is 9.10. The first kappa shape index (κ1) is 18.9. The first-order valence-corrected chi connectivity index (χ1v) is 10.1. The van der Waals surface area contributed by atoms with Crippen LogP contribution in [0, 0.1) is 5.92 Å². The van der Waals surface area contributed by atoms with E-state index in [9.17, 15) is 18.3 Å². The number of hydrogen-bond donors (Lipinski definition) is 1. The molecule has 3 rings (SSSR count). The van der Waals surface area contributed by atoms with E-state index in [0.29, 0.717) is 24.3 Å². The van der Waals surface area contributed by atoms with Crippen LogP contribution < -0.4 is 9.47 Å². The first-order chi connectivity index (χ1) is 12.3. The zero-order valence-corrected chi connectivity index (χ0v) is 15.7. The minimum atomic E-state index is -3.42. The number of amides is 1. The Kier molecular flexibility index (Phi) is 5.40. The molecule has 2 heterocycles. The number of carbonyl (C=O) groups is 1. The number of nitrogens with zero attached hydrogens (tertiary/aromatic N) is 2. The molecule has 1 fully saturated rings. The van der Waals surface area contributed by atoms with E-state index in [1.54, 1.807) is 4.90 Å². The molecular formula is C17H24N2O6S. The molecule has 0 saturated carbocycles. The molecule has 1 saturated heterocycles. The number of benzene rings is 1. The van der Waals surface area contributed by atoms with Crippen molar-refractivity contribution in [1.82, 2.24) is 9.21 Å². The average Bonchev–Trinajstić information content (AvgIpc) is 3.18. The van der Waals surface area contributed by atoms with Gasteiger partial charge >= 0.3 is 0 Å². The molecule has 2 aliphatic heterocycles. The summed E-state index contributed by atoms with van der Waals surface area (Å²) in [5.41, 5.74) is 0.967. The highest BCUT2D eigenvalue weighted by molar-refractivity contribution is 7.89. The van der Waals surface area contributed by atoms with Crippen LogP contribution in [0.25, 0.3) is 0 Å². The number of rotatable bonds is 6. The van der Waals surface area contributed by atoms with Crippen molar-refractivity contribution in [2.45, 2.75) is 18.9 Å². The maximum atomic E-state index is 12.4. The van der Waals surface area contributed by atoms with Gasteiger partial charge in [-0.2, -0.15) is 0 Å². The number of ether oxygens (including phenoxy) is 2. The summed E-state index contributed by atoms with van der Waals surface area (Å²) in [5.74, 6) is 0.671. The zero-order chi connectivity index (χ0) is 18.9. The number of aliphatic hydroxyl groups excluding tert-OH is 1. The number of hydrogen-bond acceptors (Lipinski definition) is 6. The number of aryl methyl sites for hydroxylation is 1. The Bertz CT molecular complexity index is 779. The molecule has 8 nitrogen and oxygen atoms in total. The second kappa shape index (κ2) is 7.42. The number of likely N-dealkylation sites (tertiary alicyclic amines) is 1. The predicted molar refractivity (Wildman–Crippen MR) is 94.4 cm³/mol. The lowest BCUT2D eigenvalue weighted by Gasteiger charge is -2.18. The molecular weight excluding hydrogens is 360 g/mol. The second-order valence-electron chi connectivity index (χ2n) is 6.87. The molecule has 144 valence electrons. The van der Waals surface area contributed by atoms with Gasteiger partial charge in [0.05, 0.1) is 11.9 Å². The fraction of sp³-hybridized carbons (Fsp3) is 0.588. The van der Waals surface area contributed by atoms with Gasteiger partial charge in [-0.25, -0.2) is 12.7 Å². The standard InChI is InChI=1S/C17H24N2O6S/c1-18(2)26(22,23)10-13-8-19(9-14(13)20)17(21)6-4-12-3-5-15-16(7-12)25-11-24-15/h3,5,7,13-14,20H,4,6,8-11H2,1-2H3/t13-,14+/m0/s1. The smallest absolute Gasteiger partial charge is 0.231 e. The van der Waals surface area contributed by atoms with E-state index in [-0.39, 0.29) is 31.5 Å². The molecule has 0 aromatic heterocycles. The van der Waals surface area contributed by atoms with Crippen LogP contribution in [-0.2, 0) is 21.2 Å². The van der Waals surface area contributed by atoms with Crippen molar-refractivity contribution in [3.63, 3.8) is 0 Å². The Hall–Kier alpha value is -1.84. The summed E-state index contributed by atoms with van der Waals surface area (Å²) >= 11 is 0. The highest BCUT2D eigenvalue weighted by Gasteiger charge is 2.37. The SMILES string of the molecule is CN(C)S(=O)(=O)C[C@@H]1CN(C(=O)CCc2ccc3c(c2)OCO3)C[C@H]1O. The van der Waals surface area contributed by atoms with Crippen molar-refractivity contribution in [3.05, 3.63) is 23.8 Å². The molecule has 0 bridgehead atoms. The van der Waals surface area contributed by atoms with Gasteiger partial charge in [0.25, 0.3) is 0 Å². The molecule has 0 unspecified atom stereocenters. The largest absolute Gasteiger partial charge is 0.454 e. The molecule has 2 aliphatic rings. The zero-order valence-electron chi connectivity index (χ0n) is 14.9. The summed E-state index contributed by atoms with van der Waals surface area (Å²) in [5, 5.41) is 10.1. The van der Waals surface area contributed by atoms with E-state index in [2.05, 4.69) is 0 Å². The van der Waals surface area contributed by atoms with Gasteiger partial charge in [-0.1, -0.05) is 6.07 Å². The van der Waals surface area contributed by atoms with Crippen molar-refractivity contribution >= 4 is 15.9 Å². The van der Waals surface area contributed by atoms with E-state index < -0.39 is 22.0 Å². The Balaban J connectivity index is 1.54. The van der Waals surface area contributed by atoms with Gasteiger partial charge in [0.1, 0.15) is 0 Å². The minimum Gasteiger partial charge on any atom is -0.454 e. The predicted octanol–water partition coefficient (Wildman–Crippen LogP) is 0.0586. The van der Waals surface area contributed by atoms with Crippen LogP contribution in [0.4, 0.5) is 0 Å². The van der Waals surface area contributed by atoms with E-state index >= 15 is 0 Å². The van der Waals surface area contributed by atoms with Crippen LogP contribution in [0.3, 0.4) is 0 Å². The fourth-order valence-corrected chi connectivity index (χ4v) is 4.31. The number of sulfonamides is 1. The molecule has 0 aliphatic carbocycles. The number of aliphatic hydroxyl groups is 1. The van der Waals surface area contributed by atoms with Crippen molar-refractivity contribution in [2.24, 2.45) is 5.92 Å². The Morgan fingerprint density at radius 1 is 1.27 bits per heavy atom. The van der Waals surface area contributed by atoms with Gasteiger partial charge < -0.3 is 19.5 Å². The number of carbonyl (C=O) groups excluding carboxylic acids is 1. The molecule has 1 aromatic carbocycles. The van der Waals surface area contributed by atoms with Gasteiger partial charge in [-0.15, -0.1) is 0 Å². The quantitative estimate of drug-likeness (QED) is 0.745. The molecule has 0 radical (unpaired) electrons. The van der Waals surface area contributed by atoms with Crippen LogP contribution in [-0.4, -0.2) is 74.5 Å². The van der Waals surface area contributed by atoms with Gasteiger partial charge in [-0.05, 0) is 24.1 Å². The normalized spacial score (nSPS) is 22.2. The lowest BCUT2D eigenvalue weighted by molar-refractivity contribution is -0.130. The summed E-state index contributed by atoms with van der Waals surface area (Å²) in [6.45, 7) is 0.641. The van der Waals surface area contributed by atoms with Gasteiger partial charge in [-0.3, -0.25) is 4.79 Å². The Morgan fingerprint density at radius 3 is 2.73 bits per heavy atom. The monoisotopic (exact) mass is 384 g/mol. The number of fused-ring (bicyclic) bond motifs is 1. The molecule has 26 heavy (non-hydrogen) atoms. The topological polar surface area (TPSA) is 96.4 Å². The summed E-state index contributed by atoms with van der Waals surface area (Å²) < 4.78 is 35.7. The maximum Gasteiger partial charge on any atom is 0.231 e. The van der Waals surface area contributed by atoms with Gasteiger partial charge in [0, 0.05) is 39.5 Å². The maximum absolute atomic E-state index is 12.4. The summed E-state index contributed by atoms with van der Waals surface area (Å²) in [6, 6.07) is 5.58. The van der Waals surface area contributed by atoms with Crippen molar-refractivity contribution in [1.29, 1.82) is 0 Å². The summed E-state index contributed by atoms with van der Waals surface area (Å²) in [7, 11) is -0.489. The molecule has 2 atom stereocenters. The molecule has 1 aromatic rings. The van der Waals surface area contributed by atoms with E-state index in [4.69, 9.17) is 9.47 Å². The lowest BCUT2D eigenvalue weighted by Crippen LogP contribution is -2.33.